The summed E-state index contributed by atoms with van der Waals surface area (Å²) in [6.45, 7) is 0.168. The molecule has 1 aliphatic rings. The van der Waals surface area contributed by atoms with Gasteiger partial charge in [0.25, 0.3) is 5.69 Å². The molecule has 1 heterocycles. The Balaban J connectivity index is 1.68. The molecule has 1 saturated heterocycles. The van der Waals surface area contributed by atoms with E-state index < -0.39 is 30.7 Å². The van der Waals surface area contributed by atoms with Crippen molar-refractivity contribution in [2.45, 2.75) is 22.6 Å². The van der Waals surface area contributed by atoms with Crippen molar-refractivity contribution < 1.29 is 31.3 Å². The van der Waals surface area contributed by atoms with E-state index in [1.54, 1.807) is 0 Å². The van der Waals surface area contributed by atoms with Crippen molar-refractivity contribution in [1.29, 1.82) is 0 Å². The minimum atomic E-state index is -3.92. The van der Waals surface area contributed by atoms with Crippen LogP contribution in [-0.4, -0.2) is 58.4 Å². The van der Waals surface area contributed by atoms with Gasteiger partial charge in [-0.05, 0) is 37.1 Å². The van der Waals surface area contributed by atoms with Crippen molar-refractivity contribution in [2.75, 3.05) is 31.8 Å². The average Bonchev–Trinajstić information content (AvgIpc) is 2.78. The summed E-state index contributed by atoms with van der Waals surface area (Å²) in [6.07, 6.45) is 1.51. The number of benzene rings is 2. The Bertz CT molecular complexity index is 1280. The second-order valence-corrected chi connectivity index (χ2v) is 11.5. The Labute approximate surface area is 191 Å². The van der Waals surface area contributed by atoms with Crippen LogP contribution in [0.3, 0.4) is 0 Å². The fourth-order valence-corrected chi connectivity index (χ4v) is 5.76. The number of rotatable bonds is 7. The molecular weight excluding hydrogens is 474 g/mol. The third-order valence-electron chi connectivity index (χ3n) is 5.35. The van der Waals surface area contributed by atoms with Gasteiger partial charge in [-0.25, -0.2) is 16.8 Å². The number of hydrogen-bond donors (Lipinski definition) is 1. The number of piperidine rings is 1. The van der Waals surface area contributed by atoms with E-state index in [4.69, 9.17) is 4.74 Å². The van der Waals surface area contributed by atoms with Crippen LogP contribution in [0.15, 0.2) is 52.3 Å². The number of hydrogen-bond acceptors (Lipinski definition) is 8. The van der Waals surface area contributed by atoms with Crippen molar-refractivity contribution in [3.05, 3.63) is 52.6 Å². The molecule has 0 spiro atoms. The van der Waals surface area contributed by atoms with Crippen LogP contribution in [-0.2, 0) is 24.7 Å². The molecule has 11 nitrogen and oxygen atoms in total. The van der Waals surface area contributed by atoms with Crippen LogP contribution in [0.1, 0.15) is 12.8 Å². The summed E-state index contributed by atoms with van der Waals surface area (Å²) in [5, 5.41) is 13.6. The molecular formula is C20H23N3O8S2. The second kappa shape index (κ2) is 9.45. The zero-order valence-electron chi connectivity index (χ0n) is 17.9. The maximum absolute atomic E-state index is 13.0. The quantitative estimate of drug-likeness (QED) is 0.450. The van der Waals surface area contributed by atoms with E-state index in [0.29, 0.717) is 0 Å². The van der Waals surface area contributed by atoms with Crippen LogP contribution in [0.4, 0.5) is 11.4 Å². The van der Waals surface area contributed by atoms with Crippen molar-refractivity contribution in [3.63, 3.8) is 0 Å². The molecule has 13 heteroatoms. The summed E-state index contributed by atoms with van der Waals surface area (Å²) in [6, 6.07) is 9.00. The number of nitro groups is 1. The Kier molecular flexibility index (Phi) is 7.05. The average molecular weight is 498 g/mol. The molecule has 0 aliphatic carbocycles. The minimum Gasteiger partial charge on any atom is -0.494 e. The number of nitrogens with zero attached hydrogens (tertiary/aromatic N) is 2. The normalized spacial score (nSPS) is 15.7. The summed E-state index contributed by atoms with van der Waals surface area (Å²) < 4.78 is 55.8. The fraction of sp³-hybridized carbons (Fsp3) is 0.350. The zero-order chi connectivity index (χ0) is 24.4. The van der Waals surface area contributed by atoms with Crippen LogP contribution in [0, 0.1) is 16.0 Å². The van der Waals surface area contributed by atoms with Gasteiger partial charge in [0.15, 0.2) is 9.84 Å². The van der Waals surface area contributed by atoms with Crippen molar-refractivity contribution in [2.24, 2.45) is 5.92 Å². The maximum Gasteiger partial charge on any atom is 0.273 e. The molecule has 1 amide bonds. The van der Waals surface area contributed by atoms with E-state index in [1.807, 2.05) is 0 Å². The summed E-state index contributed by atoms with van der Waals surface area (Å²) in [4.78, 5) is 22.8. The monoisotopic (exact) mass is 497 g/mol. The SMILES string of the molecule is COc1cc([N+](=O)[O-])ccc1NC(=O)C1CCN(S(=O)(=O)c2cccc(S(C)(=O)=O)c2)CC1. The number of ether oxygens (including phenoxy) is 1. The number of anilines is 1. The molecule has 0 saturated carbocycles. The van der Waals surface area contributed by atoms with Crippen LogP contribution in [0.5, 0.6) is 5.75 Å². The van der Waals surface area contributed by atoms with Crippen LogP contribution in [0.25, 0.3) is 0 Å². The third kappa shape index (κ3) is 5.49. The van der Waals surface area contributed by atoms with E-state index >= 15 is 0 Å². The molecule has 178 valence electrons. The Hall–Kier alpha value is -3.03. The first-order valence-electron chi connectivity index (χ1n) is 9.87. The van der Waals surface area contributed by atoms with E-state index in [9.17, 15) is 31.7 Å². The molecule has 3 rings (SSSR count). The number of sulfone groups is 1. The highest BCUT2D eigenvalue weighted by atomic mass is 32.2. The van der Waals surface area contributed by atoms with E-state index in [1.165, 1.54) is 47.8 Å². The lowest BCUT2D eigenvalue weighted by molar-refractivity contribution is -0.384. The lowest BCUT2D eigenvalue weighted by atomic mass is 9.97. The molecule has 33 heavy (non-hydrogen) atoms. The highest BCUT2D eigenvalue weighted by Crippen LogP contribution is 2.31. The predicted molar refractivity (Wildman–Crippen MR) is 119 cm³/mol. The number of non-ortho nitro benzene ring substituents is 1. The largest absolute Gasteiger partial charge is 0.494 e. The number of methoxy groups -OCH3 is 1. The van der Waals surface area contributed by atoms with Gasteiger partial charge in [0.05, 0.1) is 33.6 Å². The van der Waals surface area contributed by atoms with Gasteiger partial charge in [-0.1, -0.05) is 6.07 Å². The van der Waals surface area contributed by atoms with Crippen LogP contribution in [0.2, 0.25) is 0 Å². The standard InChI is InChI=1S/C20H23N3O8S2/c1-31-19-12-15(23(25)26)6-7-18(19)21-20(24)14-8-10-22(11-9-14)33(29,30)17-5-3-4-16(13-17)32(2,27)28/h3-7,12-14H,8-11H2,1-2H3,(H,21,24). The van der Waals surface area contributed by atoms with E-state index in [0.717, 1.165) is 12.3 Å². The Morgan fingerprint density at radius 2 is 1.73 bits per heavy atom. The van der Waals surface area contributed by atoms with Gasteiger partial charge in [-0.3, -0.25) is 14.9 Å². The summed E-state index contributed by atoms with van der Waals surface area (Å²) >= 11 is 0. The maximum atomic E-state index is 13.0. The molecule has 0 bridgehead atoms. The number of nitrogens with one attached hydrogen (secondary N) is 1. The van der Waals surface area contributed by atoms with Gasteiger partial charge >= 0.3 is 0 Å². The Morgan fingerprint density at radius 1 is 1.09 bits per heavy atom. The van der Waals surface area contributed by atoms with Gasteiger partial charge < -0.3 is 10.1 Å². The molecule has 0 radical (unpaired) electrons. The van der Waals surface area contributed by atoms with Crippen LogP contribution < -0.4 is 10.1 Å². The summed E-state index contributed by atoms with van der Waals surface area (Å²) in [7, 11) is -6.16. The molecule has 1 aliphatic heterocycles. The molecule has 2 aromatic rings. The predicted octanol–water partition coefficient (Wildman–Crippen LogP) is 2.05. The highest BCUT2D eigenvalue weighted by Gasteiger charge is 2.33. The van der Waals surface area contributed by atoms with Gasteiger partial charge in [-0.15, -0.1) is 0 Å². The van der Waals surface area contributed by atoms with Gasteiger partial charge in [0, 0.05) is 31.3 Å². The number of sulfonamides is 1. The lowest BCUT2D eigenvalue weighted by Crippen LogP contribution is -2.41. The van der Waals surface area contributed by atoms with Crippen molar-refractivity contribution >= 4 is 37.1 Å². The van der Waals surface area contributed by atoms with Gasteiger partial charge in [0.1, 0.15) is 5.75 Å². The third-order valence-corrected chi connectivity index (χ3v) is 8.35. The lowest BCUT2D eigenvalue weighted by Gasteiger charge is -2.30. The second-order valence-electron chi connectivity index (χ2n) is 7.56. The fourth-order valence-electron chi connectivity index (χ4n) is 3.50. The van der Waals surface area contributed by atoms with E-state index in [2.05, 4.69) is 5.32 Å². The first-order chi connectivity index (χ1) is 15.4. The summed E-state index contributed by atoms with van der Waals surface area (Å²) in [5.41, 5.74) is 0.101. The first-order valence-corrected chi connectivity index (χ1v) is 13.2. The van der Waals surface area contributed by atoms with Crippen molar-refractivity contribution in [3.8, 4) is 5.75 Å². The number of carbonyl (C=O) groups excluding carboxylic acids is 1. The number of carbonyl (C=O) groups is 1. The molecule has 0 aromatic heterocycles. The minimum absolute atomic E-state index is 0.0842. The topological polar surface area (TPSA) is 153 Å². The highest BCUT2D eigenvalue weighted by molar-refractivity contribution is 7.91. The smallest absolute Gasteiger partial charge is 0.273 e. The van der Waals surface area contributed by atoms with E-state index in [-0.39, 0.29) is 58.8 Å². The van der Waals surface area contributed by atoms with Crippen molar-refractivity contribution in [1.82, 2.24) is 4.31 Å². The number of nitro benzene ring substituents is 1. The molecule has 1 fully saturated rings. The van der Waals surface area contributed by atoms with Crippen LogP contribution >= 0.6 is 0 Å². The molecule has 0 atom stereocenters. The molecule has 2 aromatic carbocycles. The van der Waals surface area contributed by atoms with Gasteiger partial charge in [-0.2, -0.15) is 4.31 Å². The van der Waals surface area contributed by atoms with Gasteiger partial charge in [0.2, 0.25) is 15.9 Å². The number of amides is 1. The molecule has 0 unspecified atom stereocenters. The zero-order valence-corrected chi connectivity index (χ0v) is 19.6. The Morgan fingerprint density at radius 3 is 2.30 bits per heavy atom. The first kappa shape index (κ1) is 24.6. The summed E-state index contributed by atoms with van der Waals surface area (Å²) in [5.74, 6) is -0.680. The molecule has 1 N–H and O–H groups in total.